The lowest BCUT2D eigenvalue weighted by atomic mass is 10.0. The Morgan fingerprint density at radius 2 is 2.14 bits per heavy atom. The monoisotopic (exact) mass is 311 g/mol. The highest BCUT2D eigenvalue weighted by atomic mass is 35.5. The van der Waals surface area contributed by atoms with Crippen molar-refractivity contribution in [3.8, 4) is 11.5 Å². The second-order valence-electron chi connectivity index (χ2n) is 5.24. The second-order valence-corrected chi connectivity index (χ2v) is 5.65. The van der Waals surface area contributed by atoms with Crippen molar-refractivity contribution < 1.29 is 24.2 Å². The van der Waals surface area contributed by atoms with Gasteiger partial charge < -0.3 is 19.5 Å². The molecule has 1 fully saturated rings. The molecule has 2 aliphatic rings. The summed E-state index contributed by atoms with van der Waals surface area (Å²) in [6, 6.07) is 2.22. The molecule has 1 amide bonds. The highest BCUT2D eigenvalue weighted by Crippen LogP contribution is 2.40. The fraction of sp³-hybridized carbons (Fsp3) is 0.429. The Morgan fingerprint density at radius 1 is 1.38 bits per heavy atom. The number of fused-ring (bicyclic) bond motifs is 1. The maximum Gasteiger partial charge on any atom is 0.326 e. The van der Waals surface area contributed by atoms with Crippen molar-refractivity contribution in [3.63, 3.8) is 0 Å². The molecule has 0 radical (unpaired) electrons. The first-order valence-electron chi connectivity index (χ1n) is 6.62. The van der Waals surface area contributed by atoms with Gasteiger partial charge in [0, 0.05) is 12.1 Å². The summed E-state index contributed by atoms with van der Waals surface area (Å²) in [6.07, 6.45) is 0.668. The van der Waals surface area contributed by atoms with Crippen LogP contribution in [0.2, 0.25) is 5.02 Å². The number of nitrogens with zero attached hydrogens (tertiary/aromatic N) is 1. The molecule has 2 atom stereocenters. The maximum atomic E-state index is 12.6. The lowest BCUT2D eigenvalue weighted by molar-refractivity contribution is -0.142. The first-order chi connectivity index (χ1) is 9.99. The third kappa shape index (κ3) is 2.29. The SMILES string of the molecule is CC1CCN(C(=O)c2cc(Cl)c3c(c2)OCO3)C1C(=O)O. The third-order valence-electron chi connectivity index (χ3n) is 3.89. The summed E-state index contributed by atoms with van der Waals surface area (Å²) < 4.78 is 10.4. The molecule has 7 heteroatoms. The van der Waals surface area contributed by atoms with Crippen molar-refractivity contribution >= 4 is 23.5 Å². The molecule has 1 aromatic carbocycles. The van der Waals surface area contributed by atoms with E-state index in [0.717, 1.165) is 0 Å². The van der Waals surface area contributed by atoms with Crippen LogP contribution in [-0.4, -0.2) is 41.3 Å². The van der Waals surface area contributed by atoms with Gasteiger partial charge in [-0.25, -0.2) is 4.79 Å². The predicted octanol–water partition coefficient (Wildman–Crippen LogP) is 2.00. The Balaban J connectivity index is 1.92. The van der Waals surface area contributed by atoms with Gasteiger partial charge in [0.25, 0.3) is 5.91 Å². The van der Waals surface area contributed by atoms with E-state index in [1.807, 2.05) is 6.92 Å². The number of hydrogen-bond acceptors (Lipinski definition) is 4. The van der Waals surface area contributed by atoms with Crippen LogP contribution in [0.1, 0.15) is 23.7 Å². The molecule has 0 saturated carbocycles. The number of rotatable bonds is 2. The molecule has 21 heavy (non-hydrogen) atoms. The minimum Gasteiger partial charge on any atom is -0.480 e. The number of likely N-dealkylation sites (tertiary alicyclic amines) is 1. The molecule has 0 aliphatic carbocycles. The summed E-state index contributed by atoms with van der Waals surface area (Å²) in [5.41, 5.74) is 0.310. The van der Waals surface area contributed by atoms with E-state index in [9.17, 15) is 14.7 Å². The van der Waals surface area contributed by atoms with Crippen LogP contribution in [0.4, 0.5) is 0 Å². The van der Waals surface area contributed by atoms with Crippen molar-refractivity contribution in [2.75, 3.05) is 13.3 Å². The molecule has 0 spiro atoms. The number of carbonyl (C=O) groups is 2. The van der Waals surface area contributed by atoms with Gasteiger partial charge >= 0.3 is 5.97 Å². The Hall–Kier alpha value is -1.95. The first-order valence-corrected chi connectivity index (χ1v) is 6.99. The molecule has 0 bridgehead atoms. The molecule has 0 aromatic heterocycles. The van der Waals surface area contributed by atoms with Gasteiger partial charge in [-0.2, -0.15) is 0 Å². The van der Waals surface area contributed by atoms with E-state index in [1.165, 1.54) is 11.0 Å². The molecule has 1 N–H and O–H groups in total. The van der Waals surface area contributed by atoms with E-state index in [-0.39, 0.29) is 23.6 Å². The van der Waals surface area contributed by atoms with Crippen LogP contribution in [0.5, 0.6) is 11.5 Å². The van der Waals surface area contributed by atoms with Crippen LogP contribution in [0.25, 0.3) is 0 Å². The van der Waals surface area contributed by atoms with Crippen molar-refractivity contribution in [2.24, 2.45) is 5.92 Å². The number of carboxylic acids is 1. The van der Waals surface area contributed by atoms with Gasteiger partial charge in [-0.05, 0) is 24.5 Å². The van der Waals surface area contributed by atoms with Crippen molar-refractivity contribution in [1.29, 1.82) is 0 Å². The van der Waals surface area contributed by atoms with E-state index in [4.69, 9.17) is 21.1 Å². The maximum absolute atomic E-state index is 12.6. The van der Waals surface area contributed by atoms with E-state index in [1.54, 1.807) is 6.07 Å². The largest absolute Gasteiger partial charge is 0.480 e. The molecule has 2 aliphatic heterocycles. The Bertz CT molecular complexity index is 618. The number of carboxylic acid groups (broad SMARTS) is 1. The minimum absolute atomic E-state index is 0.0607. The Morgan fingerprint density at radius 3 is 2.86 bits per heavy atom. The molecule has 1 saturated heterocycles. The molecule has 1 aromatic rings. The number of benzene rings is 1. The molecule has 112 valence electrons. The van der Waals surface area contributed by atoms with Crippen LogP contribution in [-0.2, 0) is 4.79 Å². The molecular weight excluding hydrogens is 298 g/mol. The second kappa shape index (κ2) is 5.11. The molecule has 2 heterocycles. The van der Waals surface area contributed by atoms with E-state index in [2.05, 4.69) is 0 Å². The highest BCUT2D eigenvalue weighted by molar-refractivity contribution is 6.32. The number of carbonyl (C=O) groups excluding carboxylic acids is 1. The van der Waals surface area contributed by atoms with Crippen molar-refractivity contribution in [2.45, 2.75) is 19.4 Å². The normalized spacial score (nSPS) is 23.4. The lowest BCUT2D eigenvalue weighted by Gasteiger charge is -2.23. The Kier molecular flexibility index (Phi) is 3.41. The third-order valence-corrected chi connectivity index (χ3v) is 4.17. The van der Waals surface area contributed by atoms with Gasteiger partial charge in [0.15, 0.2) is 11.5 Å². The van der Waals surface area contributed by atoms with Crippen molar-refractivity contribution in [1.82, 2.24) is 4.90 Å². The summed E-state index contributed by atoms with van der Waals surface area (Å²) in [5.74, 6) is -0.592. The molecule has 6 nitrogen and oxygen atoms in total. The van der Waals surface area contributed by atoms with Crippen LogP contribution in [0, 0.1) is 5.92 Å². The molecule has 3 rings (SSSR count). The number of ether oxygens (including phenoxy) is 2. The number of aliphatic carboxylic acids is 1. The fourth-order valence-electron chi connectivity index (χ4n) is 2.81. The predicted molar refractivity (Wildman–Crippen MR) is 73.8 cm³/mol. The smallest absolute Gasteiger partial charge is 0.326 e. The summed E-state index contributed by atoms with van der Waals surface area (Å²) in [4.78, 5) is 25.3. The number of hydrogen-bond donors (Lipinski definition) is 1. The lowest BCUT2D eigenvalue weighted by Crippen LogP contribution is -2.42. The first kappa shape index (κ1) is 14.0. The quantitative estimate of drug-likeness (QED) is 0.904. The standard InChI is InChI=1S/C14H14ClNO5/c1-7-2-3-16(11(7)14(18)19)13(17)8-4-9(15)12-10(5-8)20-6-21-12/h4-5,7,11H,2-3,6H2,1H3,(H,18,19). The average molecular weight is 312 g/mol. The Labute approximate surface area is 126 Å². The topological polar surface area (TPSA) is 76.1 Å². The van der Waals surface area contributed by atoms with Crippen LogP contribution in [0.3, 0.4) is 0 Å². The van der Waals surface area contributed by atoms with E-state index < -0.39 is 12.0 Å². The molecule has 2 unspecified atom stereocenters. The van der Waals surface area contributed by atoms with Crippen LogP contribution in [0.15, 0.2) is 12.1 Å². The van der Waals surface area contributed by atoms with Gasteiger partial charge in [0.1, 0.15) is 6.04 Å². The van der Waals surface area contributed by atoms with Crippen molar-refractivity contribution in [3.05, 3.63) is 22.7 Å². The van der Waals surface area contributed by atoms with E-state index >= 15 is 0 Å². The van der Waals surface area contributed by atoms with Gasteiger partial charge in [-0.3, -0.25) is 4.79 Å². The molecular formula is C14H14ClNO5. The summed E-state index contributed by atoms with van der Waals surface area (Å²) in [6.45, 7) is 2.31. The average Bonchev–Trinajstić information content (AvgIpc) is 3.04. The summed E-state index contributed by atoms with van der Waals surface area (Å²) >= 11 is 6.06. The van der Waals surface area contributed by atoms with Gasteiger partial charge in [-0.15, -0.1) is 0 Å². The zero-order valence-electron chi connectivity index (χ0n) is 11.3. The number of halogens is 1. The van der Waals surface area contributed by atoms with Gasteiger partial charge in [-0.1, -0.05) is 18.5 Å². The fourth-order valence-corrected chi connectivity index (χ4v) is 3.07. The van der Waals surface area contributed by atoms with Crippen LogP contribution >= 0.6 is 11.6 Å². The number of amides is 1. The highest BCUT2D eigenvalue weighted by Gasteiger charge is 2.40. The zero-order chi connectivity index (χ0) is 15.1. The summed E-state index contributed by atoms with van der Waals surface area (Å²) in [5, 5.41) is 9.58. The zero-order valence-corrected chi connectivity index (χ0v) is 12.1. The summed E-state index contributed by atoms with van der Waals surface area (Å²) in [7, 11) is 0. The van der Waals surface area contributed by atoms with E-state index in [0.29, 0.717) is 30.0 Å². The minimum atomic E-state index is -0.986. The van der Waals surface area contributed by atoms with Gasteiger partial charge in [0.05, 0.1) is 5.02 Å². The van der Waals surface area contributed by atoms with Crippen LogP contribution < -0.4 is 9.47 Å². The van der Waals surface area contributed by atoms with Gasteiger partial charge in [0.2, 0.25) is 6.79 Å².